The average molecular weight is 369 g/mol. The number of aryl methyl sites for hydroxylation is 1. The molecule has 2 aromatic rings. The molecule has 0 aliphatic carbocycles. The van der Waals surface area contributed by atoms with E-state index in [-0.39, 0.29) is 23.3 Å². The molecule has 140 valence electrons. The number of hydrogen-bond donors (Lipinski definition) is 2. The van der Waals surface area contributed by atoms with Crippen LogP contribution in [0.5, 0.6) is 17.4 Å². The molecule has 1 aromatic carbocycles. The fourth-order valence-electron chi connectivity index (χ4n) is 1.93. The lowest BCUT2D eigenvalue weighted by atomic mass is 10.2. The maximum Gasteiger partial charge on any atom is 0.573 e. The molecule has 0 fully saturated rings. The monoisotopic (exact) mass is 369 g/mol. The van der Waals surface area contributed by atoms with Crippen molar-refractivity contribution in [3.05, 3.63) is 42.1 Å². The normalized spacial score (nSPS) is 12.4. The van der Waals surface area contributed by atoms with Gasteiger partial charge in [0, 0.05) is 12.1 Å². The number of hydrogen-bond acceptors (Lipinski definition) is 5. The highest BCUT2D eigenvalue weighted by atomic mass is 19.4. The van der Waals surface area contributed by atoms with E-state index in [4.69, 9.17) is 10.5 Å². The van der Waals surface area contributed by atoms with Crippen LogP contribution in [0.4, 0.5) is 18.9 Å². The molecule has 1 amide bonds. The number of nitrogens with zero attached hydrogens (tertiary/aromatic N) is 1. The maximum atomic E-state index is 12.4. The number of halogens is 3. The summed E-state index contributed by atoms with van der Waals surface area (Å²) in [6.07, 6.45) is -2.94. The van der Waals surface area contributed by atoms with E-state index in [1.165, 1.54) is 31.3 Å². The number of ether oxygens (including phenoxy) is 2. The zero-order valence-electron chi connectivity index (χ0n) is 14.1. The number of benzene rings is 1. The van der Waals surface area contributed by atoms with Gasteiger partial charge in [-0.3, -0.25) is 4.79 Å². The van der Waals surface area contributed by atoms with Crippen molar-refractivity contribution in [2.75, 3.05) is 5.32 Å². The van der Waals surface area contributed by atoms with Crippen LogP contribution in [-0.2, 0) is 4.79 Å². The second-order valence-electron chi connectivity index (χ2n) is 5.47. The molecule has 2 rings (SSSR count). The van der Waals surface area contributed by atoms with E-state index >= 15 is 0 Å². The quantitative estimate of drug-likeness (QED) is 0.810. The Labute approximate surface area is 148 Å². The van der Waals surface area contributed by atoms with E-state index in [2.05, 4.69) is 15.0 Å². The lowest BCUT2D eigenvalue weighted by Gasteiger charge is -2.13. The molecule has 3 N–H and O–H groups in total. The largest absolute Gasteiger partial charge is 0.573 e. The standard InChI is InChI=1S/C17H18F3N3O3/c1-3-13(21)16(24)23-11-5-7-15(22-9-11)25-12-6-4-10(2)14(8-12)26-17(18,19)20/h4-9,13H,3,21H2,1-2H3,(H,23,24)/t13-/m1/s1. The van der Waals surface area contributed by atoms with Gasteiger partial charge in [-0.15, -0.1) is 13.2 Å². The number of anilines is 1. The summed E-state index contributed by atoms with van der Waals surface area (Å²) in [5.74, 6) is -0.417. The van der Waals surface area contributed by atoms with Crippen LogP contribution >= 0.6 is 0 Å². The van der Waals surface area contributed by atoms with Gasteiger partial charge in [0.1, 0.15) is 11.5 Å². The van der Waals surface area contributed by atoms with Crippen molar-refractivity contribution in [2.45, 2.75) is 32.7 Å². The molecular weight excluding hydrogens is 351 g/mol. The lowest BCUT2D eigenvalue weighted by Crippen LogP contribution is -2.34. The predicted molar refractivity (Wildman–Crippen MR) is 89.1 cm³/mol. The van der Waals surface area contributed by atoms with Crippen LogP contribution in [0.1, 0.15) is 18.9 Å². The Morgan fingerprint density at radius 1 is 1.31 bits per heavy atom. The van der Waals surface area contributed by atoms with Crippen LogP contribution in [0.3, 0.4) is 0 Å². The summed E-state index contributed by atoms with van der Waals surface area (Å²) in [6.45, 7) is 3.28. The number of carbonyl (C=O) groups excluding carboxylic acids is 1. The van der Waals surface area contributed by atoms with Gasteiger partial charge < -0.3 is 20.5 Å². The second-order valence-corrected chi connectivity index (χ2v) is 5.47. The third-order valence-corrected chi connectivity index (χ3v) is 3.39. The van der Waals surface area contributed by atoms with E-state index < -0.39 is 12.4 Å². The third-order valence-electron chi connectivity index (χ3n) is 3.39. The van der Waals surface area contributed by atoms with Gasteiger partial charge in [-0.05, 0) is 31.0 Å². The number of rotatable bonds is 6. The van der Waals surface area contributed by atoms with Crippen LogP contribution in [-0.4, -0.2) is 23.3 Å². The van der Waals surface area contributed by atoms with Crippen LogP contribution in [0, 0.1) is 6.92 Å². The Balaban J connectivity index is 2.07. The van der Waals surface area contributed by atoms with Crippen molar-refractivity contribution >= 4 is 11.6 Å². The topological polar surface area (TPSA) is 86.5 Å². The van der Waals surface area contributed by atoms with E-state index in [1.807, 2.05) is 0 Å². The average Bonchev–Trinajstić information content (AvgIpc) is 2.57. The van der Waals surface area contributed by atoms with Crippen LogP contribution < -0.4 is 20.5 Å². The zero-order valence-corrected chi connectivity index (χ0v) is 14.1. The summed E-state index contributed by atoms with van der Waals surface area (Å²) >= 11 is 0. The van der Waals surface area contributed by atoms with Crippen molar-refractivity contribution in [2.24, 2.45) is 5.73 Å². The summed E-state index contributed by atoms with van der Waals surface area (Å²) in [4.78, 5) is 15.7. The minimum absolute atomic E-state index is 0.132. The first-order chi connectivity index (χ1) is 12.2. The highest BCUT2D eigenvalue weighted by molar-refractivity contribution is 5.94. The molecule has 1 heterocycles. The summed E-state index contributed by atoms with van der Waals surface area (Å²) < 4.78 is 46.5. The highest BCUT2D eigenvalue weighted by Crippen LogP contribution is 2.31. The summed E-state index contributed by atoms with van der Waals surface area (Å²) in [5, 5.41) is 2.60. The number of nitrogens with one attached hydrogen (secondary N) is 1. The van der Waals surface area contributed by atoms with Crippen molar-refractivity contribution in [1.29, 1.82) is 0 Å². The van der Waals surface area contributed by atoms with Gasteiger partial charge in [0.25, 0.3) is 0 Å². The van der Waals surface area contributed by atoms with Crippen molar-refractivity contribution in [3.8, 4) is 17.4 Å². The lowest BCUT2D eigenvalue weighted by molar-refractivity contribution is -0.274. The molecule has 9 heteroatoms. The zero-order chi connectivity index (χ0) is 19.3. The van der Waals surface area contributed by atoms with E-state index in [1.54, 1.807) is 13.0 Å². The Morgan fingerprint density at radius 3 is 2.62 bits per heavy atom. The van der Waals surface area contributed by atoms with Gasteiger partial charge in [-0.1, -0.05) is 13.0 Å². The second kappa shape index (κ2) is 8.05. The molecule has 26 heavy (non-hydrogen) atoms. The number of nitrogens with two attached hydrogens (primary N) is 1. The van der Waals surface area contributed by atoms with E-state index in [9.17, 15) is 18.0 Å². The molecule has 0 spiro atoms. The Morgan fingerprint density at radius 2 is 2.04 bits per heavy atom. The van der Waals surface area contributed by atoms with Gasteiger partial charge >= 0.3 is 6.36 Å². The first-order valence-corrected chi connectivity index (χ1v) is 7.74. The van der Waals surface area contributed by atoms with E-state index in [0.717, 1.165) is 6.07 Å². The molecule has 1 aromatic heterocycles. The molecule has 6 nitrogen and oxygen atoms in total. The SMILES string of the molecule is CC[C@@H](N)C(=O)Nc1ccc(Oc2ccc(C)c(OC(F)(F)F)c2)nc1. The molecule has 0 saturated heterocycles. The van der Waals surface area contributed by atoms with Gasteiger partial charge in [0.15, 0.2) is 0 Å². The molecule has 0 aliphatic rings. The Bertz CT molecular complexity index is 764. The summed E-state index contributed by atoms with van der Waals surface area (Å²) in [6, 6.07) is 6.46. The van der Waals surface area contributed by atoms with Crippen molar-refractivity contribution in [1.82, 2.24) is 4.98 Å². The molecule has 0 unspecified atom stereocenters. The number of alkyl halides is 3. The molecule has 0 aliphatic heterocycles. The number of carbonyl (C=O) groups is 1. The van der Waals surface area contributed by atoms with Gasteiger partial charge in [-0.25, -0.2) is 4.98 Å². The molecular formula is C17H18F3N3O3. The van der Waals surface area contributed by atoms with Crippen LogP contribution in [0.2, 0.25) is 0 Å². The fraction of sp³-hybridized carbons (Fsp3) is 0.294. The minimum atomic E-state index is -4.79. The van der Waals surface area contributed by atoms with Gasteiger partial charge in [0.05, 0.1) is 17.9 Å². The molecule has 0 radical (unpaired) electrons. The third kappa shape index (κ3) is 5.62. The molecule has 0 saturated carbocycles. The Kier molecular flexibility index (Phi) is 6.04. The Hall–Kier alpha value is -2.81. The predicted octanol–water partition coefficient (Wildman–Crippen LogP) is 3.76. The smallest absolute Gasteiger partial charge is 0.439 e. The fourth-order valence-corrected chi connectivity index (χ4v) is 1.93. The minimum Gasteiger partial charge on any atom is -0.439 e. The molecule has 0 bridgehead atoms. The number of amides is 1. The van der Waals surface area contributed by atoms with Gasteiger partial charge in [0.2, 0.25) is 11.8 Å². The summed E-state index contributed by atoms with van der Waals surface area (Å²) in [5.41, 5.74) is 6.36. The maximum absolute atomic E-state index is 12.4. The van der Waals surface area contributed by atoms with Crippen LogP contribution in [0.15, 0.2) is 36.5 Å². The summed E-state index contributed by atoms with van der Waals surface area (Å²) in [7, 11) is 0. The first-order valence-electron chi connectivity index (χ1n) is 7.74. The van der Waals surface area contributed by atoms with Gasteiger partial charge in [-0.2, -0.15) is 0 Å². The first kappa shape index (κ1) is 19.5. The van der Waals surface area contributed by atoms with Crippen molar-refractivity contribution < 1.29 is 27.4 Å². The highest BCUT2D eigenvalue weighted by Gasteiger charge is 2.31. The molecule has 1 atom stereocenters. The van der Waals surface area contributed by atoms with Crippen LogP contribution in [0.25, 0.3) is 0 Å². The van der Waals surface area contributed by atoms with Crippen molar-refractivity contribution in [3.63, 3.8) is 0 Å². The van der Waals surface area contributed by atoms with E-state index in [0.29, 0.717) is 17.7 Å². The number of pyridine rings is 1. The number of aromatic nitrogens is 1.